The number of benzene rings is 1. The average molecular weight is 406 g/mol. The van der Waals surface area contributed by atoms with Crippen molar-refractivity contribution in [3.05, 3.63) is 49.8 Å². The maximum absolute atomic E-state index is 6.24. The molecule has 0 saturated carbocycles. The van der Waals surface area contributed by atoms with Crippen molar-refractivity contribution in [1.29, 1.82) is 0 Å². The van der Waals surface area contributed by atoms with Crippen molar-refractivity contribution in [3.8, 4) is 0 Å². The molecule has 0 aliphatic rings. The SMILES string of the molecule is Cn1cc(CC(N)c2cc(I)ccc2Br)cn1. The first-order valence-corrected chi connectivity index (χ1v) is 7.11. The molecule has 1 unspecified atom stereocenters. The number of halogens is 2. The van der Waals surface area contributed by atoms with Gasteiger partial charge < -0.3 is 5.73 Å². The largest absolute Gasteiger partial charge is 0.324 e. The van der Waals surface area contributed by atoms with E-state index in [4.69, 9.17) is 5.73 Å². The number of nitrogens with two attached hydrogens (primary N) is 1. The molecular formula is C12H13BrIN3. The zero-order chi connectivity index (χ0) is 12.4. The number of aryl methyl sites for hydroxylation is 1. The molecular weight excluding hydrogens is 393 g/mol. The highest BCUT2D eigenvalue weighted by molar-refractivity contribution is 14.1. The molecule has 0 amide bonds. The van der Waals surface area contributed by atoms with Crippen LogP contribution >= 0.6 is 38.5 Å². The monoisotopic (exact) mass is 405 g/mol. The molecule has 1 aromatic heterocycles. The van der Waals surface area contributed by atoms with Gasteiger partial charge >= 0.3 is 0 Å². The summed E-state index contributed by atoms with van der Waals surface area (Å²) in [5.74, 6) is 0. The van der Waals surface area contributed by atoms with E-state index in [-0.39, 0.29) is 6.04 Å². The Balaban J connectivity index is 2.19. The zero-order valence-corrected chi connectivity index (χ0v) is 13.1. The molecule has 5 heteroatoms. The topological polar surface area (TPSA) is 43.8 Å². The van der Waals surface area contributed by atoms with E-state index in [9.17, 15) is 0 Å². The minimum atomic E-state index is -0.0108. The Morgan fingerprint density at radius 1 is 1.53 bits per heavy atom. The lowest BCUT2D eigenvalue weighted by Crippen LogP contribution is -2.14. The fraction of sp³-hybridized carbons (Fsp3) is 0.250. The number of aromatic nitrogens is 2. The molecule has 0 bridgehead atoms. The molecule has 1 aromatic carbocycles. The number of nitrogens with zero attached hydrogens (tertiary/aromatic N) is 2. The molecule has 0 aliphatic heterocycles. The lowest BCUT2D eigenvalue weighted by atomic mass is 10.0. The summed E-state index contributed by atoms with van der Waals surface area (Å²) in [4.78, 5) is 0. The van der Waals surface area contributed by atoms with Crippen LogP contribution in [0.2, 0.25) is 0 Å². The molecule has 0 fully saturated rings. The van der Waals surface area contributed by atoms with Gasteiger partial charge in [-0.05, 0) is 58.3 Å². The number of hydrogen-bond acceptors (Lipinski definition) is 2. The highest BCUT2D eigenvalue weighted by Gasteiger charge is 2.12. The van der Waals surface area contributed by atoms with Gasteiger partial charge in [0.1, 0.15) is 0 Å². The molecule has 3 nitrogen and oxygen atoms in total. The van der Waals surface area contributed by atoms with Crippen LogP contribution in [0.4, 0.5) is 0 Å². The van der Waals surface area contributed by atoms with Crippen LogP contribution in [0, 0.1) is 3.57 Å². The number of hydrogen-bond donors (Lipinski definition) is 1. The van der Waals surface area contributed by atoms with Gasteiger partial charge in [-0.25, -0.2) is 0 Å². The Hall–Kier alpha value is -0.400. The van der Waals surface area contributed by atoms with Gasteiger partial charge in [-0.2, -0.15) is 5.10 Å². The molecule has 0 saturated heterocycles. The minimum absolute atomic E-state index is 0.0108. The maximum atomic E-state index is 6.24. The summed E-state index contributed by atoms with van der Waals surface area (Å²) >= 11 is 5.84. The van der Waals surface area contributed by atoms with Crippen LogP contribution in [0.1, 0.15) is 17.2 Å². The Morgan fingerprint density at radius 2 is 2.29 bits per heavy atom. The summed E-state index contributed by atoms with van der Waals surface area (Å²) in [5.41, 5.74) is 8.53. The number of rotatable bonds is 3. The Morgan fingerprint density at radius 3 is 2.94 bits per heavy atom. The molecule has 2 rings (SSSR count). The van der Waals surface area contributed by atoms with Gasteiger partial charge in [0, 0.05) is 27.3 Å². The van der Waals surface area contributed by atoms with Gasteiger partial charge in [0.15, 0.2) is 0 Å². The van der Waals surface area contributed by atoms with E-state index >= 15 is 0 Å². The quantitative estimate of drug-likeness (QED) is 0.797. The van der Waals surface area contributed by atoms with Gasteiger partial charge in [0.2, 0.25) is 0 Å². The van der Waals surface area contributed by atoms with Crippen LogP contribution in [-0.2, 0) is 13.5 Å². The molecule has 17 heavy (non-hydrogen) atoms. The molecule has 90 valence electrons. The maximum Gasteiger partial charge on any atom is 0.0522 e. The van der Waals surface area contributed by atoms with Crippen molar-refractivity contribution in [2.75, 3.05) is 0 Å². The van der Waals surface area contributed by atoms with Crippen LogP contribution in [0.25, 0.3) is 0 Å². The molecule has 2 aromatic rings. The van der Waals surface area contributed by atoms with Gasteiger partial charge in [-0.3, -0.25) is 4.68 Å². The van der Waals surface area contributed by atoms with Crippen LogP contribution < -0.4 is 5.73 Å². The van der Waals surface area contributed by atoms with E-state index < -0.39 is 0 Å². The van der Waals surface area contributed by atoms with E-state index in [1.54, 1.807) is 4.68 Å². The van der Waals surface area contributed by atoms with Crippen molar-refractivity contribution < 1.29 is 0 Å². The second-order valence-electron chi connectivity index (χ2n) is 4.00. The standard InChI is InChI=1S/C12H13BrIN3/c1-17-7-8(6-16-17)4-12(15)10-5-9(14)2-3-11(10)13/h2-3,5-7,12H,4,15H2,1H3. The van der Waals surface area contributed by atoms with Gasteiger partial charge in [-0.15, -0.1) is 0 Å². The summed E-state index contributed by atoms with van der Waals surface area (Å²) in [5, 5.41) is 4.15. The van der Waals surface area contributed by atoms with Crippen LogP contribution in [0.3, 0.4) is 0 Å². The lowest BCUT2D eigenvalue weighted by Gasteiger charge is -2.13. The van der Waals surface area contributed by atoms with E-state index in [0.717, 1.165) is 22.0 Å². The molecule has 0 aliphatic carbocycles. The second kappa shape index (κ2) is 5.49. The molecule has 0 radical (unpaired) electrons. The van der Waals surface area contributed by atoms with Crippen molar-refractivity contribution in [2.45, 2.75) is 12.5 Å². The lowest BCUT2D eigenvalue weighted by molar-refractivity contribution is 0.715. The van der Waals surface area contributed by atoms with Crippen molar-refractivity contribution in [1.82, 2.24) is 9.78 Å². The summed E-state index contributed by atoms with van der Waals surface area (Å²) in [7, 11) is 1.91. The Kier molecular flexibility index (Phi) is 4.22. The van der Waals surface area contributed by atoms with Gasteiger partial charge in [-0.1, -0.05) is 15.9 Å². The zero-order valence-electron chi connectivity index (χ0n) is 9.40. The van der Waals surface area contributed by atoms with E-state index in [0.29, 0.717) is 0 Å². The van der Waals surface area contributed by atoms with Crippen LogP contribution in [-0.4, -0.2) is 9.78 Å². The summed E-state index contributed by atoms with van der Waals surface area (Å²) in [6.07, 6.45) is 4.66. The Bertz CT molecular complexity index is 524. The first kappa shape index (κ1) is 13.0. The molecule has 1 atom stereocenters. The third-order valence-corrected chi connectivity index (χ3v) is 3.96. The fourth-order valence-corrected chi connectivity index (χ4v) is 2.80. The molecule has 0 spiro atoms. The van der Waals surface area contributed by atoms with Crippen molar-refractivity contribution in [2.24, 2.45) is 12.8 Å². The summed E-state index contributed by atoms with van der Waals surface area (Å²) in [6, 6.07) is 6.21. The van der Waals surface area contributed by atoms with Crippen molar-refractivity contribution >= 4 is 38.5 Å². The van der Waals surface area contributed by atoms with Crippen molar-refractivity contribution in [3.63, 3.8) is 0 Å². The van der Waals surface area contributed by atoms with Crippen LogP contribution in [0.15, 0.2) is 35.1 Å². The third kappa shape index (κ3) is 3.29. The first-order valence-electron chi connectivity index (χ1n) is 5.24. The third-order valence-electron chi connectivity index (χ3n) is 2.57. The second-order valence-corrected chi connectivity index (χ2v) is 6.10. The highest BCUT2D eigenvalue weighted by atomic mass is 127. The van der Waals surface area contributed by atoms with Gasteiger partial charge in [0.05, 0.1) is 6.20 Å². The Labute approximate surface area is 123 Å². The molecule has 1 heterocycles. The van der Waals surface area contributed by atoms with E-state index in [2.05, 4.69) is 55.8 Å². The minimum Gasteiger partial charge on any atom is -0.324 e. The van der Waals surface area contributed by atoms with E-state index in [1.165, 1.54) is 3.57 Å². The predicted octanol–water partition coefficient (Wildman–Crippen LogP) is 3.03. The van der Waals surface area contributed by atoms with Crippen LogP contribution in [0.5, 0.6) is 0 Å². The fourth-order valence-electron chi connectivity index (χ4n) is 1.74. The van der Waals surface area contributed by atoms with Gasteiger partial charge in [0.25, 0.3) is 0 Å². The molecule has 2 N–H and O–H groups in total. The predicted molar refractivity (Wildman–Crippen MR) is 80.7 cm³/mol. The normalized spacial score (nSPS) is 12.7. The highest BCUT2D eigenvalue weighted by Crippen LogP contribution is 2.26. The summed E-state index contributed by atoms with van der Waals surface area (Å²) < 4.78 is 4.06. The van der Waals surface area contributed by atoms with E-state index in [1.807, 2.05) is 25.5 Å². The average Bonchev–Trinajstić information content (AvgIpc) is 2.67. The summed E-state index contributed by atoms with van der Waals surface area (Å²) in [6.45, 7) is 0. The first-order chi connectivity index (χ1) is 8.06. The smallest absolute Gasteiger partial charge is 0.0522 e.